The number of carboxylic acid groups (broad SMARTS) is 1. The van der Waals surface area contributed by atoms with Crippen molar-refractivity contribution in [2.24, 2.45) is 0 Å². The Bertz CT molecular complexity index is 959. The second-order valence-electron chi connectivity index (χ2n) is 4.94. The number of methoxy groups -OCH3 is 1. The smallest absolute Gasteiger partial charge is 0.339 e. The summed E-state index contributed by atoms with van der Waals surface area (Å²) in [5.41, 5.74) is -0.625. The molecule has 2 aromatic rings. The van der Waals surface area contributed by atoms with E-state index in [0.717, 1.165) is 6.07 Å². The first kappa shape index (κ1) is 19.8. The predicted molar refractivity (Wildman–Crippen MR) is 96.7 cm³/mol. The lowest BCUT2D eigenvalue weighted by Gasteiger charge is -2.13. The number of hydrogen-bond acceptors (Lipinski definition) is 5. The largest absolute Gasteiger partial charge is 0.507 e. The van der Waals surface area contributed by atoms with Gasteiger partial charge in [-0.3, -0.25) is 0 Å². The summed E-state index contributed by atoms with van der Waals surface area (Å²) in [6, 6.07) is 4.84. The summed E-state index contributed by atoms with van der Waals surface area (Å²) in [4.78, 5) is 11.0. The standard InChI is InChI=1S/C15H11BrCl2O6S/c1-24-12-5-11(18)10(16)4-13(12)25(22,23)6-7-2-8(17)3-9(14(7)19)15(20)21/h2-5,19H,6H2,1H3,(H,20,21). The summed E-state index contributed by atoms with van der Waals surface area (Å²) in [7, 11) is -2.71. The van der Waals surface area contributed by atoms with Gasteiger partial charge in [-0.2, -0.15) is 0 Å². The Labute approximate surface area is 162 Å². The maximum absolute atomic E-state index is 12.7. The third-order valence-electron chi connectivity index (χ3n) is 3.27. The molecule has 0 spiro atoms. The molecule has 2 aromatic carbocycles. The normalized spacial score (nSPS) is 11.4. The van der Waals surface area contributed by atoms with Crippen LogP contribution in [0.25, 0.3) is 0 Å². The molecule has 134 valence electrons. The Balaban J connectivity index is 2.58. The number of carboxylic acids is 1. The minimum Gasteiger partial charge on any atom is -0.507 e. The van der Waals surface area contributed by atoms with E-state index in [4.69, 9.17) is 33.0 Å². The van der Waals surface area contributed by atoms with E-state index < -0.39 is 32.9 Å². The van der Waals surface area contributed by atoms with Crippen LogP contribution in [0.1, 0.15) is 15.9 Å². The van der Waals surface area contributed by atoms with Crippen molar-refractivity contribution in [3.8, 4) is 11.5 Å². The number of aromatic hydroxyl groups is 1. The van der Waals surface area contributed by atoms with E-state index in [0.29, 0.717) is 4.47 Å². The number of halogens is 3. The number of rotatable bonds is 5. The molecular formula is C15H11BrCl2O6S. The Kier molecular flexibility index (Phi) is 5.88. The molecule has 2 rings (SSSR count). The molecule has 0 aliphatic heterocycles. The molecule has 0 heterocycles. The Morgan fingerprint density at radius 2 is 1.88 bits per heavy atom. The van der Waals surface area contributed by atoms with Crippen molar-refractivity contribution in [1.82, 2.24) is 0 Å². The average molecular weight is 470 g/mol. The maximum Gasteiger partial charge on any atom is 0.339 e. The lowest BCUT2D eigenvalue weighted by atomic mass is 10.1. The van der Waals surface area contributed by atoms with Crippen LogP contribution in [0.2, 0.25) is 10.0 Å². The molecule has 0 fully saturated rings. The van der Waals surface area contributed by atoms with E-state index in [1.807, 2.05) is 0 Å². The Morgan fingerprint density at radius 3 is 2.44 bits per heavy atom. The number of ether oxygens (including phenoxy) is 1. The first-order valence-electron chi connectivity index (χ1n) is 6.57. The van der Waals surface area contributed by atoms with Gasteiger partial charge < -0.3 is 14.9 Å². The van der Waals surface area contributed by atoms with Gasteiger partial charge in [-0.15, -0.1) is 0 Å². The van der Waals surface area contributed by atoms with E-state index in [-0.39, 0.29) is 26.3 Å². The molecule has 0 saturated heterocycles. The van der Waals surface area contributed by atoms with Gasteiger partial charge in [0.15, 0.2) is 9.84 Å². The van der Waals surface area contributed by atoms with Gasteiger partial charge in [0.25, 0.3) is 0 Å². The number of aromatic carboxylic acids is 1. The zero-order valence-electron chi connectivity index (χ0n) is 12.6. The highest BCUT2D eigenvalue weighted by Gasteiger charge is 2.25. The van der Waals surface area contributed by atoms with Crippen LogP contribution in [0.15, 0.2) is 33.6 Å². The number of benzene rings is 2. The van der Waals surface area contributed by atoms with Gasteiger partial charge in [0.2, 0.25) is 0 Å². The van der Waals surface area contributed by atoms with Crippen LogP contribution < -0.4 is 4.74 Å². The van der Waals surface area contributed by atoms with Crippen LogP contribution in [-0.2, 0) is 15.6 Å². The van der Waals surface area contributed by atoms with Crippen LogP contribution in [0.3, 0.4) is 0 Å². The predicted octanol–water partition coefficient (Wildman–Crippen LogP) is 4.14. The van der Waals surface area contributed by atoms with Gasteiger partial charge in [-0.25, -0.2) is 13.2 Å². The van der Waals surface area contributed by atoms with Crippen LogP contribution in [0.5, 0.6) is 11.5 Å². The molecule has 0 bridgehead atoms. The van der Waals surface area contributed by atoms with Crippen molar-refractivity contribution < 1.29 is 28.2 Å². The van der Waals surface area contributed by atoms with E-state index >= 15 is 0 Å². The molecule has 0 amide bonds. The number of phenols is 1. The molecule has 6 nitrogen and oxygen atoms in total. The highest BCUT2D eigenvalue weighted by atomic mass is 79.9. The van der Waals surface area contributed by atoms with Crippen molar-refractivity contribution >= 4 is 54.9 Å². The van der Waals surface area contributed by atoms with E-state index in [2.05, 4.69) is 15.9 Å². The summed E-state index contributed by atoms with van der Waals surface area (Å²) in [6.07, 6.45) is 0. The molecule has 0 unspecified atom stereocenters. The van der Waals surface area contributed by atoms with Crippen molar-refractivity contribution in [2.45, 2.75) is 10.6 Å². The van der Waals surface area contributed by atoms with Crippen LogP contribution in [-0.4, -0.2) is 31.7 Å². The monoisotopic (exact) mass is 468 g/mol. The van der Waals surface area contributed by atoms with Crippen molar-refractivity contribution in [2.75, 3.05) is 7.11 Å². The quantitative estimate of drug-likeness (QED) is 0.682. The lowest BCUT2D eigenvalue weighted by molar-refractivity contribution is 0.0693. The zero-order valence-corrected chi connectivity index (χ0v) is 16.5. The van der Waals surface area contributed by atoms with Crippen LogP contribution in [0.4, 0.5) is 0 Å². The molecule has 2 N–H and O–H groups in total. The van der Waals surface area contributed by atoms with E-state index in [9.17, 15) is 18.3 Å². The first-order valence-corrected chi connectivity index (χ1v) is 9.77. The van der Waals surface area contributed by atoms with E-state index in [1.165, 1.54) is 25.3 Å². The maximum atomic E-state index is 12.7. The second kappa shape index (κ2) is 7.41. The van der Waals surface area contributed by atoms with Crippen molar-refractivity contribution in [3.63, 3.8) is 0 Å². The topological polar surface area (TPSA) is 101 Å². The molecule has 0 aromatic heterocycles. The number of hydrogen-bond donors (Lipinski definition) is 2. The van der Waals surface area contributed by atoms with Gasteiger partial charge in [-0.1, -0.05) is 23.2 Å². The molecule has 0 saturated carbocycles. The van der Waals surface area contributed by atoms with E-state index in [1.54, 1.807) is 0 Å². The Hall–Kier alpha value is -1.48. The second-order valence-corrected chi connectivity index (χ2v) is 8.60. The molecule has 0 aliphatic carbocycles. The third kappa shape index (κ3) is 4.20. The van der Waals surface area contributed by atoms with Crippen LogP contribution >= 0.6 is 39.1 Å². The average Bonchev–Trinajstić information content (AvgIpc) is 2.52. The van der Waals surface area contributed by atoms with Crippen molar-refractivity contribution in [3.05, 3.63) is 49.9 Å². The minimum atomic E-state index is -4.00. The van der Waals surface area contributed by atoms with Crippen LogP contribution in [0, 0.1) is 0 Å². The van der Waals surface area contributed by atoms with Gasteiger partial charge in [-0.05, 0) is 34.1 Å². The summed E-state index contributed by atoms with van der Waals surface area (Å²) in [5.74, 6) is -2.74. The molecule has 0 aliphatic rings. The molecule has 25 heavy (non-hydrogen) atoms. The fourth-order valence-electron chi connectivity index (χ4n) is 2.12. The molecule has 0 radical (unpaired) electrons. The molecule has 10 heteroatoms. The van der Waals surface area contributed by atoms with Crippen molar-refractivity contribution in [1.29, 1.82) is 0 Å². The molecule has 0 atom stereocenters. The highest BCUT2D eigenvalue weighted by molar-refractivity contribution is 9.10. The summed E-state index contributed by atoms with van der Waals surface area (Å²) < 4.78 is 30.9. The first-order chi connectivity index (χ1) is 11.6. The lowest BCUT2D eigenvalue weighted by Crippen LogP contribution is -2.09. The zero-order chi connectivity index (χ0) is 18.9. The summed E-state index contributed by atoms with van der Waals surface area (Å²) in [5, 5.41) is 19.4. The fraction of sp³-hybridized carbons (Fsp3) is 0.133. The van der Waals surface area contributed by atoms with Gasteiger partial charge in [0, 0.05) is 21.1 Å². The minimum absolute atomic E-state index is 0.00958. The number of sulfone groups is 1. The Morgan fingerprint density at radius 1 is 1.24 bits per heavy atom. The van der Waals surface area contributed by atoms with Gasteiger partial charge >= 0.3 is 5.97 Å². The summed E-state index contributed by atoms with van der Waals surface area (Å²) in [6.45, 7) is 0. The fourth-order valence-corrected chi connectivity index (χ4v) is 4.54. The summed E-state index contributed by atoms with van der Waals surface area (Å²) >= 11 is 14.9. The third-order valence-corrected chi connectivity index (χ3v) is 6.37. The van der Waals surface area contributed by atoms with Gasteiger partial charge in [0.05, 0.1) is 17.9 Å². The molecular weight excluding hydrogens is 459 g/mol. The number of carbonyl (C=O) groups is 1. The van der Waals surface area contributed by atoms with Gasteiger partial charge in [0.1, 0.15) is 22.0 Å². The highest BCUT2D eigenvalue weighted by Crippen LogP contribution is 2.37. The SMILES string of the molecule is COc1cc(Cl)c(Br)cc1S(=O)(=O)Cc1cc(Cl)cc(C(=O)O)c1O.